The molecule has 0 aromatic heterocycles. The second-order valence-corrected chi connectivity index (χ2v) is 5.46. The van der Waals surface area contributed by atoms with Gasteiger partial charge in [0.25, 0.3) is 0 Å². The Kier molecular flexibility index (Phi) is 5.57. The largest absolute Gasteiger partial charge is 0.374 e. The minimum atomic E-state index is -0.0524. The van der Waals surface area contributed by atoms with E-state index in [0.29, 0.717) is 6.54 Å². The van der Waals surface area contributed by atoms with Crippen LogP contribution in [0.4, 0.5) is 0 Å². The highest BCUT2D eigenvalue weighted by molar-refractivity contribution is 5.81. The van der Waals surface area contributed by atoms with Crippen LogP contribution < -0.4 is 10.6 Å². The number of likely N-dealkylation sites (N-methyl/N-ethyl adjacent to an activating group) is 1. The summed E-state index contributed by atoms with van der Waals surface area (Å²) in [6, 6.07) is -0.0524. The van der Waals surface area contributed by atoms with Gasteiger partial charge in [-0.2, -0.15) is 0 Å². The Morgan fingerprint density at radius 1 is 1.42 bits per heavy atom. The quantitative estimate of drug-likeness (QED) is 0.667. The molecule has 1 amide bonds. The lowest BCUT2D eigenvalue weighted by molar-refractivity contribution is -0.127. The SMILES string of the molecule is CC(C(=O)NCC1CN(C)CCO1)N1CCNCC1. The molecule has 6 heteroatoms. The number of carbonyl (C=O) groups is 1. The maximum atomic E-state index is 12.1. The predicted molar refractivity (Wildman–Crippen MR) is 74.2 cm³/mol. The molecule has 2 aliphatic heterocycles. The predicted octanol–water partition coefficient (Wildman–Crippen LogP) is -1.27. The number of nitrogens with one attached hydrogen (secondary N) is 2. The van der Waals surface area contributed by atoms with Crippen LogP contribution in [0.1, 0.15) is 6.92 Å². The van der Waals surface area contributed by atoms with E-state index in [4.69, 9.17) is 4.74 Å². The lowest BCUT2D eigenvalue weighted by atomic mass is 10.2. The fraction of sp³-hybridized carbons (Fsp3) is 0.923. The normalized spacial score (nSPS) is 28.0. The average Bonchev–Trinajstić information content (AvgIpc) is 2.45. The van der Waals surface area contributed by atoms with Crippen molar-refractivity contribution in [1.82, 2.24) is 20.4 Å². The van der Waals surface area contributed by atoms with Gasteiger partial charge in [0.1, 0.15) is 0 Å². The Morgan fingerprint density at radius 3 is 2.84 bits per heavy atom. The number of morpholine rings is 1. The number of amides is 1. The fourth-order valence-electron chi connectivity index (χ4n) is 2.59. The van der Waals surface area contributed by atoms with Crippen LogP contribution in [0, 0.1) is 0 Å². The minimum absolute atomic E-state index is 0.0524. The maximum absolute atomic E-state index is 12.1. The maximum Gasteiger partial charge on any atom is 0.237 e. The van der Waals surface area contributed by atoms with Gasteiger partial charge in [-0.3, -0.25) is 9.69 Å². The molecule has 2 N–H and O–H groups in total. The minimum Gasteiger partial charge on any atom is -0.374 e. The van der Waals surface area contributed by atoms with Crippen molar-refractivity contribution >= 4 is 5.91 Å². The van der Waals surface area contributed by atoms with E-state index < -0.39 is 0 Å². The summed E-state index contributed by atoms with van der Waals surface area (Å²) in [6.07, 6.45) is 0.123. The van der Waals surface area contributed by atoms with Crippen molar-refractivity contribution < 1.29 is 9.53 Å². The fourth-order valence-corrected chi connectivity index (χ4v) is 2.59. The summed E-state index contributed by atoms with van der Waals surface area (Å²) in [6.45, 7) is 9.03. The third kappa shape index (κ3) is 4.42. The molecule has 2 rings (SSSR count). The average molecular weight is 270 g/mol. The van der Waals surface area contributed by atoms with Gasteiger partial charge in [-0.05, 0) is 14.0 Å². The molecule has 0 aromatic rings. The van der Waals surface area contributed by atoms with Crippen molar-refractivity contribution in [1.29, 1.82) is 0 Å². The van der Waals surface area contributed by atoms with Gasteiger partial charge in [0.2, 0.25) is 5.91 Å². The molecule has 0 saturated carbocycles. The molecule has 2 aliphatic rings. The summed E-state index contributed by atoms with van der Waals surface area (Å²) >= 11 is 0. The monoisotopic (exact) mass is 270 g/mol. The molecule has 110 valence electrons. The molecule has 2 saturated heterocycles. The number of rotatable bonds is 4. The van der Waals surface area contributed by atoms with Crippen LogP contribution >= 0.6 is 0 Å². The van der Waals surface area contributed by atoms with E-state index in [1.807, 2.05) is 6.92 Å². The number of ether oxygens (including phenoxy) is 1. The lowest BCUT2D eigenvalue weighted by Gasteiger charge is -2.33. The number of hydrogen-bond acceptors (Lipinski definition) is 5. The van der Waals surface area contributed by atoms with E-state index in [-0.39, 0.29) is 18.1 Å². The van der Waals surface area contributed by atoms with Gasteiger partial charge in [-0.15, -0.1) is 0 Å². The summed E-state index contributed by atoms with van der Waals surface area (Å²) in [4.78, 5) is 16.6. The van der Waals surface area contributed by atoms with Crippen LogP contribution in [0.3, 0.4) is 0 Å². The molecule has 2 unspecified atom stereocenters. The van der Waals surface area contributed by atoms with Crippen LogP contribution in [0.25, 0.3) is 0 Å². The Bertz CT molecular complexity index is 294. The van der Waals surface area contributed by atoms with Crippen LogP contribution in [0.2, 0.25) is 0 Å². The standard InChI is InChI=1S/C13H26N4O2/c1-11(17-5-3-14-4-6-17)13(18)15-9-12-10-16(2)7-8-19-12/h11-12,14H,3-10H2,1-2H3,(H,15,18). The van der Waals surface area contributed by atoms with Gasteiger partial charge >= 0.3 is 0 Å². The summed E-state index contributed by atoms with van der Waals surface area (Å²) in [7, 11) is 2.08. The van der Waals surface area contributed by atoms with Crippen LogP contribution in [-0.2, 0) is 9.53 Å². The van der Waals surface area contributed by atoms with Crippen molar-refractivity contribution in [2.45, 2.75) is 19.1 Å². The first-order valence-electron chi connectivity index (χ1n) is 7.19. The molecule has 0 aromatic carbocycles. The van der Waals surface area contributed by atoms with Gasteiger partial charge in [0.15, 0.2) is 0 Å². The zero-order chi connectivity index (χ0) is 13.7. The third-order valence-corrected chi connectivity index (χ3v) is 3.92. The van der Waals surface area contributed by atoms with Crippen molar-refractivity contribution in [3.8, 4) is 0 Å². The van der Waals surface area contributed by atoms with Crippen LogP contribution in [-0.4, -0.2) is 87.3 Å². The molecule has 2 atom stereocenters. The van der Waals surface area contributed by atoms with Crippen molar-refractivity contribution in [3.63, 3.8) is 0 Å². The van der Waals surface area contributed by atoms with Gasteiger partial charge in [0.05, 0.1) is 18.8 Å². The van der Waals surface area contributed by atoms with Crippen LogP contribution in [0.15, 0.2) is 0 Å². The van der Waals surface area contributed by atoms with E-state index in [0.717, 1.165) is 45.9 Å². The third-order valence-electron chi connectivity index (χ3n) is 3.92. The number of nitrogens with zero attached hydrogens (tertiary/aromatic N) is 2. The van der Waals surface area contributed by atoms with Gasteiger partial charge in [-0.1, -0.05) is 0 Å². The van der Waals surface area contributed by atoms with Gasteiger partial charge in [-0.25, -0.2) is 0 Å². The molecule has 2 heterocycles. The van der Waals surface area contributed by atoms with E-state index in [1.54, 1.807) is 0 Å². The topological polar surface area (TPSA) is 56.8 Å². The molecular weight excluding hydrogens is 244 g/mol. The first-order valence-corrected chi connectivity index (χ1v) is 7.19. The number of carbonyl (C=O) groups excluding carboxylic acids is 1. The molecule has 0 spiro atoms. The molecule has 0 bridgehead atoms. The molecular formula is C13H26N4O2. The zero-order valence-corrected chi connectivity index (χ0v) is 12.0. The highest BCUT2D eigenvalue weighted by atomic mass is 16.5. The first-order chi connectivity index (χ1) is 9.16. The summed E-state index contributed by atoms with van der Waals surface area (Å²) in [5, 5.41) is 6.32. The van der Waals surface area contributed by atoms with E-state index in [9.17, 15) is 4.79 Å². The summed E-state index contributed by atoms with van der Waals surface area (Å²) in [5.74, 6) is 0.110. The molecule has 0 radical (unpaired) electrons. The van der Waals surface area contributed by atoms with E-state index in [2.05, 4.69) is 27.5 Å². The van der Waals surface area contributed by atoms with E-state index in [1.165, 1.54) is 0 Å². The Morgan fingerprint density at radius 2 is 2.16 bits per heavy atom. The smallest absolute Gasteiger partial charge is 0.237 e. The first kappa shape index (κ1) is 14.7. The highest BCUT2D eigenvalue weighted by Crippen LogP contribution is 2.04. The highest BCUT2D eigenvalue weighted by Gasteiger charge is 2.24. The Balaban J connectivity index is 1.70. The molecule has 2 fully saturated rings. The van der Waals surface area contributed by atoms with Crippen LogP contribution in [0.5, 0.6) is 0 Å². The van der Waals surface area contributed by atoms with Gasteiger partial charge in [0, 0.05) is 45.8 Å². The summed E-state index contributed by atoms with van der Waals surface area (Å²) < 4.78 is 5.64. The zero-order valence-electron chi connectivity index (χ0n) is 12.0. The number of piperazine rings is 1. The second kappa shape index (κ2) is 7.19. The molecule has 6 nitrogen and oxygen atoms in total. The van der Waals surface area contributed by atoms with Crippen molar-refractivity contribution in [2.24, 2.45) is 0 Å². The lowest BCUT2D eigenvalue weighted by Crippen LogP contribution is -2.54. The Labute approximate surface area is 115 Å². The second-order valence-electron chi connectivity index (χ2n) is 5.46. The number of hydrogen-bond donors (Lipinski definition) is 2. The molecule has 0 aliphatic carbocycles. The molecule has 19 heavy (non-hydrogen) atoms. The van der Waals surface area contributed by atoms with E-state index >= 15 is 0 Å². The van der Waals surface area contributed by atoms with Crippen molar-refractivity contribution in [3.05, 3.63) is 0 Å². The Hall–Kier alpha value is -0.690. The summed E-state index contributed by atoms with van der Waals surface area (Å²) in [5.41, 5.74) is 0. The van der Waals surface area contributed by atoms with Gasteiger partial charge < -0.3 is 20.3 Å². The van der Waals surface area contributed by atoms with Crippen molar-refractivity contribution in [2.75, 3.05) is 59.5 Å².